The first-order valence-electron chi connectivity index (χ1n) is 9.85. The summed E-state index contributed by atoms with van der Waals surface area (Å²) in [5, 5.41) is 1.21. The average molecular weight is 482 g/mol. The number of ether oxygens (including phenoxy) is 1. The molecule has 0 aliphatic heterocycles. The van der Waals surface area contributed by atoms with E-state index in [0.717, 1.165) is 22.6 Å². The number of rotatable bonds is 10. The highest BCUT2D eigenvalue weighted by Crippen LogP contribution is 2.39. The molecule has 0 fully saturated rings. The first-order chi connectivity index (χ1) is 14.9. The molecule has 0 N–H and O–H groups in total. The first kappa shape index (κ1) is 23.8. The van der Waals surface area contributed by atoms with Gasteiger partial charge in [-0.3, -0.25) is 9.69 Å². The summed E-state index contributed by atoms with van der Waals surface area (Å²) < 4.78 is 19.3. The number of hydrogen-bond acceptors (Lipinski definition) is 6. The Bertz CT molecular complexity index is 1030. The summed E-state index contributed by atoms with van der Waals surface area (Å²) in [6.45, 7) is 1.43. The highest BCUT2D eigenvalue weighted by molar-refractivity contribution is 7.99. The van der Waals surface area contributed by atoms with Crippen LogP contribution in [0.2, 0.25) is 5.02 Å². The Hall–Kier alpha value is -1.87. The number of nitrogens with zero attached hydrogens (tertiary/aromatic N) is 3. The van der Waals surface area contributed by atoms with Crippen molar-refractivity contribution in [3.8, 4) is 5.75 Å². The number of aromatic nitrogens is 1. The van der Waals surface area contributed by atoms with E-state index in [0.29, 0.717) is 40.1 Å². The lowest BCUT2D eigenvalue weighted by Crippen LogP contribution is -2.33. The number of methoxy groups -OCH3 is 1. The van der Waals surface area contributed by atoms with Crippen LogP contribution in [0.4, 0.5) is 9.52 Å². The Morgan fingerprint density at radius 1 is 1.19 bits per heavy atom. The van der Waals surface area contributed by atoms with E-state index >= 15 is 0 Å². The van der Waals surface area contributed by atoms with Crippen molar-refractivity contribution < 1.29 is 13.9 Å². The van der Waals surface area contributed by atoms with Crippen molar-refractivity contribution in [1.82, 2.24) is 9.88 Å². The second-order valence-electron chi connectivity index (χ2n) is 7.18. The molecule has 0 bridgehead atoms. The van der Waals surface area contributed by atoms with Gasteiger partial charge in [-0.25, -0.2) is 9.37 Å². The molecular formula is C22H25ClFN3O2S2. The average Bonchev–Trinajstić information content (AvgIpc) is 3.18. The minimum Gasteiger partial charge on any atom is -0.494 e. The fraction of sp³-hybridized carbons (Fsp3) is 0.364. The van der Waals surface area contributed by atoms with Gasteiger partial charge < -0.3 is 9.64 Å². The first-order valence-corrected chi connectivity index (χ1v) is 12.0. The number of amides is 1. The highest BCUT2D eigenvalue weighted by Gasteiger charge is 2.21. The molecule has 9 heteroatoms. The fourth-order valence-electron chi connectivity index (χ4n) is 3.02. The summed E-state index contributed by atoms with van der Waals surface area (Å²) >= 11 is 9.30. The van der Waals surface area contributed by atoms with Gasteiger partial charge in [0, 0.05) is 23.6 Å². The van der Waals surface area contributed by atoms with E-state index in [9.17, 15) is 9.18 Å². The SMILES string of the molecule is COc1ccc(Cl)c2sc(N(CCCN(C)C)C(=O)CCSc3ccc(F)cc3)nc12. The summed E-state index contributed by atoms with van der Waals surface area (Å²) in [7, 11) is 5.61. The van der Waals surface area contributed by atoms with Crippen molar-refractivity contribution in [2.45, 2.75) is 17.7 Å². The molecule has 0 atom stereocenters. The molecule has 0 saturated carbocycles. The van der Waals surface area contributed by atoms with E-state index in [1.54, 1.807) is 36.3 Å². The zero-order valence-corrected chi connectivity index (χ0v) is 20.1. The molecule has 0 unspecified atom stereocenters. The number of thiazole rings is 1. The number of hydrogen-bond donors (Lipinski definition) is 0. The van der Waals surface area contributed by atoms with Crippen molar-refractivity contribution >= 4 is 56.0 Å². The Kier molecular flexibility index (Phi) is 8.54. The van der Waals surface area contributed by atoms with Crippen LogP contribution in [0.1, 0.15) is 12.8 Å². The van der Waals surface area contributed by atoms with Gasteiger partial charge in [0.1, 0.15) is 17.1 Å². The molecule has 0 aliphatic carbocycles. The number of fused-ring (bicyclic) bond motifs is 1. The zero-order chi connectivity index (χ0) is 22.4. The number of halogens is 2. The van der Waals surface area contributed by atoms with Gasteiger partial charge in [0.25, 0.3) is 0 Å². The number of benzene rings is 2. The van der Waals surface area contributed by atoms with Crippen LogP contribution in [-0.2, 0) is 4.79 Å². The number of carbonyl (C=O) groups is 1. The van der Waals surface area contributed by atoms with E-state index in [4.69, 9.17) is 21.3 Å². The van der Waals surface area contributed by atoms with E-state index < -0.39 is 0 Å². The highest BCUT2D eigenvalue weighted by atomic mass is 35.5. The van der Waals surface area contributed by atoms with Gasteiger partial charge in [-0.05, 0) is 63.5 Å². The lowest BCUT2D eigenvalue weighted by Gasteiger charge is -2.21. The summed E-state index contributed by atoms with van der Waals surface area (Å²) in [4.78, 5) is 22.6. The van der Waals surface area contributed by atoms with Crippen LogP contribution in [0, 0.1) is 5.82 Å². The summed E-state index contributed by atoms with van der Waals surface area (Å²) in [6.07, 6.45) is 1.18. The van der Waals surface area contributed by atoms with Gasteiger partial charge in [-0.2, -0.15) is 0 Å². The molecule has 0 saturated heterocycles. The van der Waals surface area contributed by atoms with E-state index in [1.807, 2.05) is 14.1 Å². The second kappa shape index (κ2) is 11.1. The molecule has 0 spiro atoms. The Labute approximate surface area is 195 Å². The van der Waals surface area contributed by atoms with E-state index in [-0.39, 0.29) is 11.7 Å². The second-order valence-corrected chi connectivity index (χ2v) is 9.73. The third kappa shape index (κ3) is 6.32. The molecule has 1 amide bonds. The molecule has 2 aromatic carbocycles. The van der Waals surface area contributed by atoms with Crippen LogP contribution >= 0.6 is 34.7 Å². The molecule has 1 heterocycles. The Morgan fingerprint density at radius 2 is 1.94 bits per heavy atom. The molecule has 166 valence electrons. The van der Waals surface area contributed by atoms with Gasteiger partial charge in [-0.15, -0.1) is 11.8 Å². The molecule has 1 aromatic heterocycles. The van der Waals surface area contributed by atoms with Crippen LogP contribution in [0.3, 0.4) is 0 Å². The summed E-state index contributed by atoms with van der Waals surface area (Å²) in [5.74, 6) is 0.971. The largest absolute Gasteiger partial charge is 0.494 e. The topological polar surface area (TPSA) is 45.7 Å². The number of anilines is 1. The fourth-order valence-corrected chi connectivity index (χ4v) is 5.16. The monoisotopic (exact) mass is 481 g/mol. The summed E-state index contributed by atoms with van der Waals surface area (Å²) in [5.41, 5.74) is 0.668. The van der Waals surface area contributed by atoms with Gasteiger partial charge in [0.15, 0.2) is 5.13 Å². The Balaban J connectivity index is 1.77. The van der Waals surface area contributed by atoms with Crippen LogP contribution < -0.4 is 9.64 Å². The minimum absolute atomic E-state index is 0.00233. The number of carbonyl (C=O) groups excluding carboxylic acids is 1. The van der Waals surface area contributed by atoms with Crippen molar-refractivity contribution in [1.29, 1.82) is 0 Å². The quantitative estimate of drug-likeness (QED) is 0.354. The normalized spacial score (nSPS) is 11.3. The smallest absolute Gasteiger partial charge is 0.229 e. The molecule has 3 rings (SSSR count). The van der Waals surface area contributed by atoms with Crippen LogP contribution in [0.25, 0.3) is 10.2 Å². The van der Waals surface area contributed by atoms with Gasteiger partial charge in [-0.1, -0.05) is 22.9 Å². The van der Waals surface area contributed by atoms with Crippen molar-refractivity contribution in [3.63, 3.8) is 0 Å². The predicted octanol–water partition coefficient (Wildman–Crippen LogP) is 5.56. The van der Waals surface area contributed by atoms with Crippen LogP contribution in [0.15, 0.2) is 41.3 Å². The van der Waals surface area contributed by atoms with E-state index in [1.165, 1.54) is 35.2 Å². The molecule has 31 heavy (non-hydrogen) atoms. The third-order valence-corrected chi connectivity index (χ3v) is 7.14. The maximum atomic E-state index is 13.1. The van der Waals surface area contributed by atoms with Crippen LogP contribution in [0.5, 0.6) is 5.75 Å². The lowest BCUT2D eigenvalue weighted by molar-refractivity contribution is -0.118. The summed E-state index contributed by atoms with van der Waals surface area (Å²) in [6, 6.07) is 9.86. The van der Waals surface area contributed by atoms with Gasteiger partial charge >= 0.3 is 0 Å². The molecule has 0 aliphatic rings. The zero-order valence-electron chi connectivity index (χ0n) is 17.7. The molecule has 5 nitrogen and oxygen atoms in total. The number of thioether (sulfide) groups is 1. The van der Waals surface area contributed by atoms with Crippen molar-refractivity contribution in [2.24, 2.45) is 0 Å². The van der Waals surface area contributed by atoms with Gasteiger partial charge in [0.05, 0.1) is 16.8 Å². The standard InChI is InChI=1S/C22H25ClFN3O2S2/c1-26(2)12-4-13-27(19(28)11-14-30-16-7-5-15(24)6-8-16)22-25-20-18(29-3)10-9-17(23)21(20)31-22/h5-10H,4,11-14H2,1-3H3. The molecular weight excluding hydrogens is 457 g/mol. The third-order valence-electron chi connectivity index (χ3n) is 4.58. The minimum atomic E-state index is -0.266. The lowest BCUT2D eigenvalue weighted by atomic mass is 10.3. The van der Waals surface area contributed by atoms with Gasteiger partial charge in [0.2, 0.25) is 5.91 Å². The Morgan fingerprint density at radius 3 is 2.61 bits per heavy atom. The van der Waals surface area contributed by atoms with Crippen molar-refractivity contribution in [3.05, 3.63) is 47.2 Å². The van der Waals surface area contributed by atoms with Crippen LogP contribution in [-0.4, -0.2) is 55.8 Å². The van der Waals surface area contributed by atoms with Crippen molar-refractivity contribution in [2.75, 3.05) is 44.9 Å². The predicted molar refractivity (Wildman–Crippen MR) is 128 cm³/mol. The van der Waals surface area contributed by atoms with E-state index in [2.05, 4.69) is 4.90 Å². The molecule has 0 radical (unpaired) electrons. The maximum absolute atomic E-state index is 13.1. The maximum Gasteiger partial charge on any atom is 0.229 e. The molecule has 3 aromatic rings.